The molecular weight excluding hydrogens is 358 g/mol. The van der Waals surface area contributed by atoms with Gasteiger partial charge in [-0.2, -0.15) is 0 Å². The summed E-state index contributed by atoms with van der Waals surface area (Å²) in [5.74, 6) is -0.708. The Bertz CT molecular complexity index is 803. The van der Waals surface area contributed by atoms with E-state index >= 15 is 0 Å². The maximum atomic E-state index is 12.4. The van der Waals surface area contributed by atoms with Gasteiger partial charge in [-0.3, -0.25) is 4.79 Å². The summed E-state index contributed by atoms with van der Waals surface area (Å²) in [6.45, 7) is 0.799. The molecule has 2 heterocycles. The molecule has 0 N–H and O–H groups in total. The van der Waals surface area contributed by atoms with Crippen molar-refractivity contribution in [3.63, 3.8) is 0 Å². The molecule has 0 radical (unpaired) electrons. The van der Waals surface area contributed by atoms with Crippen molar-refractivity contribution < 1.29 is 19.1 Å². The molecule has 7 nitrogen and oxygen atoms in total. The highest BCUT2D eigenvalue weighted by atomic mass is 35.5. The Morgan fingerprint density at radius 2 is 2.00 bits per heavy atom. The number of methoxy groups -OCH3 is 2. The summed E-state index contributed by atoms with van der Waals surface area (Å²) >= 11 is 5.93. The largest absolute Gasteiger partial charge is 0.467 e. The topological polar surface area (TPSA) is 73.7 Å². The third-order valence-corrected chi connectivity index (χ3v) is 4.70. The van der Waals surface area contributed by atoms with Gasteiger partial charge in [0.1, 0.15) is 12.6 Å². The number of imidazole rings is 1. The van der Waals surface area contributed by atoms with E-state index < -0.39 is 12.0 Å². The van der Waals surface area contributed by atoms with Gasteiger partial charge in [-0.25, -0.2) is 9.78 Å². The number of benzene rings is 1. The van der Waals surface area contributed by atoms with Crippen LogP contribution in [0.25, 0.3) is 0 Å². The van der Waals surface area contributed by atoms with Crippen LogP contribution in [0.5, 0.6) is 0 Å². The van der Waals surface area contributed by atoms with E-state index in [-0.39, 0.29) is 19.1 Å². The first-order chi connectivity index (χ1) is 12.5. The van der Waals surface area contributed by atoms with Gasteiger partial charge in [-0.1, -0.05) is 23.7 Å². The molecule has 0 bridgehead atoms. The highest BCUT2D eigenvalue weighted by Crippen LogP contribution is 2.24. The first-order valence-electron chi connectivity index (χ1n) is 8.17. The fourth-order valence-corrected chi connectivity index (χ4v) is 3.23. The fourth-order valence-electron chi connectivity index (χ4n) is 3.10. The van der Waals surface area contributed by atoms with Gasteiger partial charge in [0.05, 0.1) is 31.4 Å². The molecule has 0 saturated carbocycles. The van der Waals surface area contributed by atoms with Crippen LogP contribution in [0, 0.1) is 0 Å². The summed E-state index contributed by atoms with van der Waals surface area (Å²) in [6, 6.07) is 6.88. The highest BCUT2D eigenvalue weighted by Gasteiger charge is 2.37. The van der Waals surface area contributed by atoms with Gasteiger partial charge in [0.25, 0.3) is 0 Å². The molecule has 1 aromatic carbocycles. The molecule has 8 heteroatoms. The Morgan fingerprint density at radius 1 is 1.27 bits per heavy atom. The van der Waals surface area contributed by atoms with Crippen LogP contribution in [0.1, 0.15) is 17.0 Å². The summed E-state index contributed by atoms with van der Waals surface area (Å²) in [5.41, 5.74) is 2.78. The van der Waals surface area contributed by atoms with Crippen LogP contribution in [0.3, 0.4) is 0 Å². The molecule has 1 aliphatic rings. The second kappa shape index (κ2) is 7.88. The summed E-state index contributed by atoms with van der Waals surface area (Å²) in [4.78, 5) is 30.5. The number of fused-ring (bicyclic) bond motifs is 1. The van der Waals surface area contributed by atoms with Crippen molar-refractivity contribution in [2.24, 2.45) is 0 Å². The zero-order valence-electron chi connectivity index (χ0n) is 14.6. The van der Waals surface area contributed by atoms with Gasteiger partial charge < -0.3 is 18.9 Å². The van der Waals surface area contributed by atoms with E-state index in [2.05, 4.69) is 4.98 Å². The number of hydrogen-bond donors (Lipinski definition) is 0. The fraction of sp³-hybridized carbons (Fsp3) is 0.389. The molecule has 1 aromatic heterocycles. The number of esters is 1. The van der Waals surface area contributed by atoms with Gasteiger partial charge in [-0.15, -0.1) is 0 Å². The summed E-state index contributed by atoms with van der Waals surface area (Å²) in [5, 5.41) is 0.679. The van der Waals surface area contributed by atoms with E-state index in [1.165, 1.54) is 19.1 Å². The summed E-state index contributed by atoms with van der Waals surface area (Å²) in [7, 11) is 2.77. The maximum Gasteiger partial charge on any atom is 0.329 e. The lowest BCUT2D eigenvalue weighted by atomic mass is 10.0. The van der Waals surface area contributed by atoms with Crippen molar-refractivity contribution in [1.29, 1.82) is 0 Å². The van der Waals surface area contributed by atoms with Gasteiger partial charge in [0.2, 0.25) is 5.91 Å². The molecular formula is C18H20ClN3O4. The molecule has 1 amide bonds. The number of aromatic nitrogens is 2. The second-order valence-electron chi connectivity index (χ2n) is 6.09. The molecule has 0 spiro atoms. The number of halogens is 1. The molecule has 1 atom stereocenters. The molecule has 3 rings (SSSR count). The second-order valence-corrected chi connectivity index (χ2v) is 6.53. The van der Waals surface area contributed by atoms with Crippen LogP contribution < -0.4 is 0 Å². The van der Waals surface area contributed by atoms with Crippen molar-refractivity contribution in [1.82, 2.24) is 14.5 Å². The Morgan fingerprint density at radius 3 is 2.65 bits per heavy atom. The first-order valence-corrected chi connectivity index (χ1v) is 8.54. The van der Waals surface area contributed by atoms with E-state index in [1.807, 2.05) is 28.8 Å². The molecule has 26 heavy (non-hydrogen) atoms. The summed E-state index contributed by atoms with van der Waals surface area (Å²) < 4.78 is 11.8. The van der Waals surface area contributed by atoms with Crippen LogP contribution in [0.15, 0.2) is 30.6 Å². The zero-order valence-corrected chi connectivity index (χ0v) is 15.4. The monoisotopic (exact) mass is 377 g/mol. The molecule has 1 unspecified atom stereocenters. The lowest BCUT2D eigenvalue weighted by molar-refractivity contribution is -0.155. The van der Waals surface area contributed by atoms with Crippen LogP contribution in [-0.4, -0.2) is 53.2 Å². The average Bonchev–Trinajstić information content (AvgIpc) is 3.04. The van der Waals surface area contributed by atoms with E-state index in [4.69, 9.17) is 21.1 Å². The minimum atomic E-state index is -0.686. The van der Waals surface area contributed by atoms with Crippen LogP contribution in [-0.2, 0) is 38.6 Å². The minimum absolute atomic E-state index is 0.0891. The lowest BCUT2D eigenvalue weighted by Gasteiger charge is -2.33. The van der Waals surface area contributed by atoms with Crippen molar-refractivity contribution >= 4 is 23.5 Å². The number of nitrogens with zero attached hydrogens (tertiary/aromatic N) is 3. The van der Waals surface area contributed by atoms with Crippen molar-refractivity contribution in [2.75, 3.05) is 20.8 Å². The van der Waals surface area contributed by atoms with Crippen LogP contribution in [0.4, 0.5) is 0 Å². The molecule has 0 aliphatic carbocycles. The number of ether oxygens (including phenoxy) is 2. The van der Waals surface area contributed by atoms with Gasteiger partial charge >= 0.3 is 5.97 Å². The molecule has 0 saturated heterocycles. The van der Waals surface area contributed by atoms with E-state index in [0.29, 0.717) is 18.0 Å². The molecule has 2 aromatic rings. The Kier molecular flexibility index (Phi) is 5.58. The van der Waals surface area contributed by atoms with E-state index in [0.717, 1.165) is 17.0 Å². The quantitative estimate of drug-likeness (QED) is 0.741. The standard InChI is InChI=1S/C18H20ClN3O4/c1-25-10-17(23)22-9-16-14(7-15(22)18(24)26-2)20-11-21(16)8-12-3-5-13(19)6-4-12/h3-6,11,15H,7-10H2,1-2H3. The maximum absolute atomic E-state index is 12.4. The first kappa shape index (κ1) is 18.4. The normalized spacial score (nSPS) is 16.3. The number of hydrogen-bond acceptors (Lipinski definition) is 5. The van der Waals surface area contributed by atoms with Gasteiger partial charge in [-0.05, 0) is 17.7 Å². The Labute approximate surface area is 156 Å². The zero-order chi connectivity index (χ0) is 18.7. The molecule has 0 fully saturated rings. The average molecular weight is 378 g/mol. The predicted octanol–water partition coefficient (Wildman–Crippen LogP) is 1.66. The Hall–Kier alpha value is -2.38. The number of carbonyl (C=O) groups excluding carboxylic acids is 2. The third kappa shape index (κ3) is 3.73. The number of amides is 1. The smallest absolute Gasteiger partial charge is 0.329 e. The van der Waals surface area contributed by atoms with Crippen LogP contribution >= 0.6 is 11.6 Å². The van der Waals surface area contributed by atoms with Gasteiger partial charge in [0, 0.05) is 25.1 Å². The lowest BCUT2D eigenvalue weighted by Crippen LogP contribution is -2.50. The third-order valence-electron chi connectivity index (χ3n) is 4.44. The molecule has 138 valence electrons. The number of carbonyl (C=O) groups is 2. The van der Waals surface area contributed by atoms with Crippen molar-refractivity contribution in [3.05, 3.63) is 52.6 Å². The van der Waals surface area contributed by atoms with E-state index in [1.54, 1.807) is 6.33 Å². The SMILES string of the molecule is COCC(=O)N1Cc2c(ncn2Cc2ccc(Cl)cc2)CC1C(=O)OC. The van der Waals surface area contributed by atoms with E-state index in [9.17, 15) is 9.59 Å². The summed E-state index contributed by atoms with van der Waals surface area (Å²) in [6.07, 6.45) is 2.06. The number of rotatable bonds is 5. The predicted molar refractivity (Wildman–Crippen MR) is 94.7 cm³/mol. The Balaban J connectivity index is 1.87. The highest BCUT2D eigenvalue weighted by molar-refractivity contribution is 6.30. The van der Waals surface area contributed by atoms with Crippen LogP contribution in [0.2, 0.25) is 5.02 Å². The minimum Gasteiger partial charge on any atom is -0.467 e. The molecule has 1 aliphatic heterocycles. The van der Waals surface area contributed by atoms with Gasteiger partial charge in [0.15, 0.2) is 0 Å². The van der Waals surface area contributed by atoms with Crippen molar-refractivity contribution in [2.45, 2.75) is 25.6 Å². The van der Waals surface area contributed by atoms with Crippen molar-refractivity contribution in [3.8, 4) is 0 Å².